The Hall–Kier alpha value is -1.61. The molecule has 1 heterocycles. The Morgan fingerprint density at radius 3 is 3.13 bits per heavy atom. The molecule has 0 atom stereocenters. The maximum absolute atomic E-state index is 11.4. The van der Waals surface area contributed by atoms with Crippen LogP contribution in [0.25, 0.3) is 6.08 Å². The molecule has 0 radical (unpaired) electrons. The number of hydrogen-bond acceptors (Lipinski definition) is 2. The Morgan fingerprint density at radius 1 is 1.47 bits per heavy atom. The van der Waals surface area contributed by atoms with Crippen molar-refractivity contribution in [3.05, 3.63) is 41.0 Å². The summed E-state index contributed by atoms with van der Waals surface area (Å²) in [5.74, 6) is 0.0269. The Kier molecular flexibility index (Phi) is 2.83. The Bertz CT molecular complexity index is 410. The van der Waals surface area contributed by atoms with Gasteiger partial charge in [-0.2, -0.15) is 0 Å². The molecule has 3 nitrogen and oxygen atoms in total. The van der Waals surface area contributed by atoms with E-state index in [-0.39, 0.29) is 5.91 Å². The zero-order chi connectivity index (χ0) is 10.7. The topological polar surface area (TPSA) is 55.1 Å². The summed E-state index contributed by atoms with van der Waals surface area (Å²) in [5, 5.41) is 2.80. The van der Waals surface area contributed by atoms with Gasteiger partial charge in [-0.05, 0) is 30.2 Å². The maximum atomic E-state index is 11.4. The smallest absolute Gasteiger partial charge is 0.251 e. The molecule has 0 aliphatic carbocycles. The molecule has 1 aromatic carbocycles. The van der Waals surface area contributed by atoms with E-state index in [1.54, 1.807) is 0 Å². The van der Waals surface area contributed by atoms with Gasteiger partial charge in [0.2, 0.25) is 0 Å². The van der Waals surface area contributed by atoms with Gasteiger partial charge in [0.15, 0.2) is 0 Å². The SMILES string of the molecule is NCCC=Cc1ccc2c(c1)C(=O)NC2. The minimum atomic E-state index is 0.0269. The van der Waals surface area contributed by atoms with E-state index in [0.29, 0.717) is 13.1 Å². The number of carbonyl (C=O) groups excluding carboxylic acids is 1. The van der Waals surface area contributed by atoms with Crippen LogP contribution in [-0.2, 0) is 6.54 Å². The van der Waals surface area contributed by atoms with Crippen molar-refractivity contribution in [2.24, 2.45) is 5.73 Å². The van der Waals surface area contributed by atoms with E-state index >= 15 is 0 Å². The number of amides is 1. The minimum absolute atomic E-state index is 0.0269. The van der Waals surface area contributed by atoms with Crippen LogP contribution in [0, 0.1) is 0 Å². The third-order valence-electron chi connectivity index (χ3n) is 2.46. The van der Waals surface area contributed by atoms with Gasteiger partial charge in [-0.25, -0.2) is 0 Å². The fraction of sp³-hybridized carbons (Fsp3) is 0.250. The van der Waals surface area contributed by atoms with E-state index in [9.17, 15) is 4.79 Å². The molecule has 0 saturated carbocycles. The van der Waals surface area contributed by atoms with Gasteiger partial charge in [0.05, 0.1) is 0 Å². The fourth-order valence-electron chi connectivity index (χ4n) is 1.65. The van der Waals surface area contributed by atoms with Crippen LogP contribution in [0.5, 0.6) is 0 Å². The molecule has 0 fully saturated rings. The molecule has 78 valence electrons. The average molecular weight is 202 g/mol. The molecule has 0 bridgehead atoms. The van der Waals surface area contributed by atoms with Crippen molar-refractivity contribution >= 4 is 12.0 Å². The second-order valence-corrected chi connectivity index (χ2v) is 3.58. The van der Waals surface area contributed by atoms with Gasteiger partial charge in [-0.15, -0.1) is 0 Å². The predicted molar refractivity (Wildman–Crippen MR) is 60.3 cm³/mol. The first-order valence-corrected chi connectivity index (χ1v) is 5.09. The molecular formula is C12H14N2O. The van der Waals surface area contributed by atoms with Gasteiger partial charge in [0.25, 0.3) is 5.91 Å². The molecular weight excluding hydrogens is 188 g/mol. The van der Waals surface area contributed by atoms with Crippen molar-refractivity contribution in [3.63, 3.8) is 0 Å². The molecule has 3 N–H and O–H groups in total. The van der Waals surface area contributed by atoms with Gasteiger partial charge in [0.1, 0.15) is 0 Å². The van der Waals surface area contributed by atoms with Crippen LogP contribution in [0.3, 0.4) is 0 Å². The molecule has 1 aromatic rings. The first-order chi connectivity index (χ1) is 7.31. The number of carbonyl (C=O) groups is 1. The van der Waals surface area contributed by atoms with Crippen molar-refractivity contribution in [2.75, 3.05) is 6.54 Å². The minimum Gasteiger partial charge on any atom is -0.348 e. The predicted octanol–water partition coefficient (Wildman–Crippen LogP) is 1.29. The first kappa shape index (κ1) is 9.93. The molecule has 15 heavy (non-hydrogen) atoms. The van der Waals surface area contributed by atoms with E-state index < -0.39 is 0 Å². The lowest BCUT2D eigenvalue weighted by Gasteiger charge is -1.97. The Labute approximate surface area is 89.0 Å². The lowest BCUT2D eigenvalue weighted by atomic mass is 10.1. The molecule has 1 aliphatic heterocycles. The van der Waals surface area contributed by atoms with Crippen LogP contribution < -0.4 is 11.1 Å². The van der Waals surface area contributed by atoms with Gasteiger partial charge >= 0.3 is 0 Å². The largest absolute Gasteiger partial charge is 0.348 e. The highest BCUT2D eigenvalue weighted by molar-refractivity contribution is 5.98. The zero-order valence-corrected chi connectivity index (χ0v) is 8.49. The third-order valence-corrected chi connectivity index (χ3v) is 2.46. The second-order valence-electron chi connectivity index (χ2n) is 3.58. The standard InChI is InChI=1S/C12H14N2O/c13-6-2-1-3-9-4-5-10-8-14-12(15)11(10)7-9/h1,3-5,7H,2,6,8,13H2,(H,14,15). The fourth-order valence-corrected chi connectivity index (χ4v) is 1.65. The van der Waals surface area contributed by atoms with E-state index in [0.717, 1.165) is 23.1 Å². The molecule has 0 aromatic heterocycles. The zero-order valence-electron chi connectivity index (χ0n) is 8.49. The van der Waals surface area contributed by atoms with Crippen LogP contribution in [0.4, 0.5) is 0 Å². The van der Waals surface area contributed by atoms with Crippen molar-refractivity contribution < 1.29 is 4.79 Å². The average Bonchev–Trinajstić information content (AvgIpc) is 2.61. The highest BCUT2D eigenvalue weighted by Gasteiger charge is 2.17. The molecule has 0 saturated heterocycles. The first-order valence-electron chi connectivity index (χ1n) is 5.09. The highest BCUT2D eigenvalue weighted by atomic mass is 16.1. The number of benzene rings is 1. The summed E-state index contributed by atoms with van der Waals surface area (Å²) in [4.78, 5) is 11.4. The molecule has 0 spiro atoms. The Balaban J connectivity index is 2.22. The lowest BCUT2D eigenvalue weighted by Crippen LogP contribution is -2.12. The van der Waals surface area contributed by atoms with Crippen LogP contribution >= 0.6 is 0 Å². The summed E-state index contributed by atoms with van der Waals surface area (Å²) >= 11 is 0. The molecule has 1 amide bonds. The normalized spacial score (nSPS) is 14.3. The van der Waals surface area contributed by atoms with E-state index in [1.807, 2.05) is 30.4 Å². The number of fused-ring (bicyclic) bond motifs is 1. The van der Waals surface area contributed by atoms with Gasteiger partial charge in [0, 0.05) is 12.1 Å². The highest BCUT2D eigenvalue weighted by Crippen LogP contribution is 2.17. The van der Waals surface area contributed by atoms with Crippen molar-refractivity contribution in [1.29, 1.82) is 0 Å². The number of hydrogen-bond donors (Lipinski definition) is 2. The van der Waals surface area contributed by atoms with Crippen LogP contribution in [0.15, 0.2) is 24.3 Å². The number of nitrogens with one attached hydrogen (secondary N) is 1. The summed E-state index contributed by atoms with van der Waals surface area (Å²) in [6, 6.07) is 5.94. The summed E-state index contributed by atoms with van der Waals surface area (Å²) in [5.41, 5.74) is 8.32. The monoisotopic (exact) mass is 202 g/mol. The summed E-state index contributed by atoms with van der Waals surface area (Å²) < 4.78 is 0. The summed E-state index contributed by atoms with van der Waals surface area (Å²) in [6.07, 6.45) is 4.89. The molecule has 3 heteroatoms. The number of nitrogens with two attached hydrogens (primary N) is 1. The van der Waals surface area contributed by atoms with E-state index in [2.05, 4.69) is 5.32 Å². The lowest BCUT2D eigenvalue weighted by molar-refractivity contribution is 0.0965. The maximum Gasteiger partial charge on any atom is 0.251 e. The van der Waals surface area contributed by atoms with Gasteiger partial charge in [-0.3, -0.25) is 4.79 Å². The van der Waals surface area contributed by atoms with E-state index in [1.165, 1.54) is 0 Å². The van der Waals surface area contributed by atoms with E-state index in [4.69, 9.17) is 5.73 Å². The quantitative estimate of drug-likeness (QED) is 0.776. The third kappa shape index (κ3) is 2.07. The molecule has 2 rings (SSSR count). The van der Waals surface area contributed by atoms with Crippen molar-refractivity contribution in [1.82, 2.24) is 5.32 Å². The molecule has 1 aliphatic rings. The number of rotatable bonds is 3. The van der Waals surface area contributed by atoms with Gasteiger partial charge < -0.3 is 11.1 Å². The van der Waals surface area contributed by atoms with Crippen LogP contribution in [0.2, 0.25) is 0 Å². The Morgan fingerprint density at radius 2 is 2.33 bits per heavy atom. The van der Waals surface area contributed by atoms with Crippen LogP contribution in [0.1, 0.15) is 27.9 Å². The molecule has 0 unspecified atom stereocenters. The second kappa shape index (κ2) is 4.28. The van der Waals surface area contributed by atoms with Crippen molar-refractivity contribution in [3.8, 4) is 0 Å². The summed E-state index contributed by atoms with van der Waals surface area (Å²) in [6.45, 7) is 1.31. The van der Waals surface area contributed by atoms with Crippen LogP contribution in [-0.4, -0.2) is 12.5 Å². The summed E-state index contributed by atoms with van der Waals surface area (Å²) in [7, 11) is 0. The van der Waals surface area contributed by atoms with Gasteiger partial charge in [-0.1, -0.05) is 24.3 Å². The van der Waals surface area contributed by atoms with Crippen molar-refractivity contribution in [2.45, 2.75) is 13.0 Å².